The Labute approximate surface area is 133 Å². The largest absolute Gasteiger partial charge is 0.343 e. The van der Waals surface area contributed by atoms with E-state index in [2.05, 4.69) is 15.9 Å². The second-order valence-corrected chi connectivity index (χ2v) is 4.80. The summed E-state index contributed by atoms with van der Waals surface area (Å²) in [6.07, 6.45) is 3.49. The molecule has 0 bridgehead atoms. The van der Waals surface area contributed by atoms with Gasteiger partial charge in [0.25, 0.3) is 0 Å². The van der Waals surface area contributed by atoms with E-state index in [9.17, 15) is 4.79 Å². The number of amides is 2. The molecule has 0 aliphatic rings. The molecule has 0 aliphatic heterocycles. The number of carbonyl (C=O) groups excluding carboxylic acids is 1. The SMILES string of the molecule is O=C(NOCc1ccccc1)Nc1ccccc1-n1cccn1. The summed E-state index contributed by atoms with van der Waals surface area (Å²) in [5, 5.41) is 6.92. The molecule has 23 heavy (non-hydrogen) atoms. The van der Waals surface area contributed by atoms with Gasteiger partial charge in [0.1, 0.15) is 0 Å². The van der Waals surface area contributed by atoms with E-state index in [1.807, 2.05) is 60.8 Å². The number of benzene rings is 2. The monoisotopic (exact) mass is 308 g/mol. The molecule has 0 atom stereocenters. The maximum absolute atomic E-state index is 11.9. The molecule has 2 N–H and O–H groups in total. The van der Waals surface area contributed by atoms with Crippen LogP contribution in [0.1, 0.15) is 5.56 Å². The lowest BCUT2D eigenvalue weighted by molar-refractivity contribution is 0.0536. The molecule has 1 aromatic heterocycles. The molecule has 0 saturated heterocycles. The lowest BCUT2D eigenvalue weighted by atomic mass is 10.2. The fourth-order valence-electron chi connectivity index (χ4n) is 2.10. The molecule has 0 aliphatic carbocycles. The summed E-state index contributed by atoms with van der Waals surface area (Å²) in [5.74, 6) is 0. The number of nitrogens with one attached hydrogen (secondary N) is 2. The standard InChI is InChI=1S/C17H16N4O2/c22-17(20-23-13-14-7-2-1-3-8-14)19-15-9-4-5-10-16(15)21-12-6-11-18-21/h1-12H,13H2,(H2,19,20,22). The molecule has 6 nitrogen and oxygen atoms in total. The Kier molecular flexibility index (Phi) is 4.66. The zero-order valence-electron chi connectivity index (χ0n) is 12.3. The molecule has 0 spiro atoms. The third kappa shape index (κ3) is 3.96. The zero-order valence-corrected chi connectivity index (χ0v) is 12.3. The minimum absolute atomic E-state index is 0.301. The Morgan fingerprint density at radius 2 is 1.83 bits per heavy atom. The molecule has 116 valence electrons. The Hall–Kier alpha value is -3.12. The third-order valence-corrected chi connectivity index (χ3v) is 3.15. The van der Waals surface area contributed by atoms with Gasteiger partial charge in [-0.15, -0.1) is 0 Å². The quantitative estimate of drug-likeness (QED) is 0.712. The molecular formula is C17H16N4O2. The number of hydrogen-bond donors (Lipinski definition) is 2. The number of carbonyl (C=O) groups is 1. The van der Waals surface area contributed by atoms with E-state index < -0.39 is 6.03 Å². The topological polar surface area (TPSA) is 68.2 Å². The maximum Gasteiger partial charge on any atom is 0.343 e. The van der Waals surface area contributed by atoms with Crippen molar-refractivity contribution in [2.45, 2.75) is 6.61 Å². The first-order valence-electron chi connectivity index (χ1n) is 7.15. The van der Waals surface area contributed by atoms with Gasteiger partial charge in [0, 0.05) is 12.4 Å². The molecule has 1 heterocycles. The normalized spacial score (nSPS) is 10.3. The zero-order chi connectivity index (χ0) is 15.9. The average Bonchev–Trinajstić information content (AvgIpc) is 3.11. The minimum atomic E-state index is -0.444. The second-order valence-electron chi connectivity index (χ2n) is 4.80. The Morgan fingerprint density at radius 3 is 2.61 bits per heavy atom. The van der Waals surface area contributed by atoms with Gasteiger partial charge in [-0.2, -0.15) is 5.10 Å². The number of anilines is 1. The van der Waals surface area contributed by atoms with Crippen LogP contribution >= 0.6 is 0 Å². The number of hydroxylamine groups is 1. The fourth-order valence-corrected chi connectivity index (χ4v) is 2.10. The number of nitrogens with zero attached hydrogens (tertiary/aromatic N) is 2. The van der Waals surface area contributed by atoms with Gasteiger partial charge in [-0.05, 0) is 23.8 Å². The van der Waals surface area contributed by atoms with Gasteiger partial charge < -0.3 is 5.32 Å². The molecule has 2 aromatic carbocycles. The summed E-state index contributed by atoms with van der Waals surface area (Å²) >= 11 is 0. The molecule has 2 amide bonds. The van der Waals surface area contributed by atoms with Crippen molar-refractivity contribution in [2.75, 3.05) is 5.32 Å². The van der Waals surface area contributed by atoms with Crippen LogP contribution in [0.15, 0.2) is 73.1 Å². The van der Waals surface area contributed by atoms with Crippen molar-refractivity contribution in [1.29, 1.82) is 0 Å². The summed E-state index contributed by atoms with van der Waals surface area (Å²) in [7, 11) is 0. The molecule has 0 saturated carbocycles. The third-order valence-electron chi connectivity index (χ3n) is 3.15. The van der Waals surface area contributed by atoms with Crippen LogP contribution in [0.3, 0.4) is 0 Å². The van der Waals surface area contributed by atoms with E-state index in [4.69, 9.17) is 4.84 Å². The van der Waals surface area contributed by atoms with Gasteiger partial charge >= 0.3 is 6.03 Å². The number of hydrogen-bond acceptors (Lipinski definition) is 3. The van der Waals surface area contributed by atoms with Crippen molar-refractivity contribution in [3.05, 3.63) is 78.6 Å². The predicted molar refractivity (Wildman–Crippen MR) is 86.9 cm³/mol. The lowest BCUT2D eigenvalue weighted by Gasteiger charge is -2.12. The first-order valence-corrected chi connectivity index (χ1v) is 7.15. The Morgan fingerprint density at radius 1 is 1.04 bits per heavy atom. The van der Waals surface area contributed by atoms with E-state index in [-0.39, 0.29) is 0 Å². The molecule has 0 unspecified atom stereocenters. The number of para-hydroxylation sites is 2. The fraction of sp³-hybridized carbons (Fsp3) is 0.0588. The highest BCUT2D eigenvalue weighted by atomic mass is 16.7. The predicted octanol–water partition coefficient (Wildman–Crippen LogP) is 3.13. The van der Waals surface area contributed by atoms with E-state index in [0.29, 0.717) is 12.3 Å². The molecule has 0 fully saturated rings. The van der Waals surface area contributed by atoms with E-state index >= 15 is 0 Å². The molecular weight excluding hydrogens is 292 g/mol. The summed E-state index contributed by atoms with van der Waals surface area (Å²) in [6, 6.07) is 18.4. The average molecular weight is 308 g/mol. The van der Waals surface area contributed by atoms with Crippen molar-refractivity contribution in [1.82, 2.24) is 15.3 Å². The molecule has 3 aromatic rings. The first-order chi connectivity index (χ1) is 11.3. The molecule has 6 heteroatoms. The van der Waals surface area contributed by atoms with Crippen LogP contribution in [0.2, 0.25) is 0 Å². The molecule has 3 rings (SSSR count). The van der Waals surface area contributed by atoms with Crippen LogP contribution in [0.4, 0.5) is 10.5 Å². The second kappa shape index (κ2) is 7.24. The minimum Gasteiger partial charge on any atom is -0.304 e. The van der Waals surface area contributed by atoms with E-state index in [1.54, 1.807) is 16.9 Å². The van der Waals surface area contributed by atoms with Gasteiger partial charge in [0.2, 0.25) is 0 Å². The summed E-state index contributed by atoms with van der Waals surface area (Å²) < 4.78 is 1.68. The van der Waals surface area contributed by atoms with Crippen molar-refractivity contribution in [2.24, 2.45) is 0 Å². The number of aromatic nitrogens is 2. The van der Waals surface area contributed by atoms with Gasteiger partial charge in [-0.3, -0.25) is 4.84 Å². The van der Waals surface area contributed by atoms with Crippen LogP contribution in [0.5, 0.6) is 0 Å². The van der Waals surface area contributed by atoms with E-state index in [1.165, 1.54) is 0 Å². The van der Waals surface area contributed by atoms with Gasteiger partial charge in [-0.25, -0.2) is 15.0 Å². The number of rotatable bonds is 5. The summed E-state index contributed by atoms with van der Waals surface area (Å²) in [5.41, 5.74) is 4.76. The first kappa shape index (κ1) is 14.8. The molecule has 0 radical (unpaired) electrons. The van der Waals surface area contributed by atoms with Gasteiger partial charge in [0.15, 0.2) is 0 Å². The Bertz CT molecular complexity index is 757. The van der Waals surface area contributed by atoms with Crippen LogP contribution in [-0.2, 0) is 11.4 Å². The van der Waals surface area contributed by atoms with Gasteiger partial charge in [0.05, 0.1) is 18.0 Å². The van der Waals surface area contributed by atoms with Crippen molar-refractivity contribution >= 4 is 11.7 Å². The van der Waals surface area contributed by atoms with Crippen molar-refractivity contribution in [3.63, 3.8) is 0 Å². The maximum atomic E-state index is 11.9. The highest BCUT2D eigenvalue weighted by Gasteiger charge is 2.08. The smallest absolute Gasteiger partial charge is 0.304 e. The summed E-state index contributed by atoms with van der Waals surface area (Å²) in [4.78, 5) is 17.1. The van der Waals surface area contributed by atoms with Crippen molar-refractivity contribution in [3.8, 4) is 5.69 Å². The van der Waals surface area contributed by atoms with E-state index in [0.717, 1.165) is 11.3 Å². The van der Waals surface area contributed by atoms with Crippen LogP contribution < -0.4 is 10.8 Å². The lowest BCUT2D eigenvalue weighted by Crippen LogP contribution is -2.29. The van der Waals surface area contributed by atoms with Crippen LogP contribution in [-0.4, -0.2) is 15.8 Å². The Balaban J connectivity index is 1.58. The summed E-state index contributed by atoms with van der Waals surface area (Å²) in [6.45, 7) is 0.301. The highest BCUT2D eigenvalue weighted by molar-refractivity contribution is 5.90. The van der Waals surface area contributed by atoms with Gasteiger partial charge in [-0.1, -0.05) is 42.5 Å². The number of urea groups is 1. The van der Waals surface area contributed by atoms with Crippen LogP contribution in [0.25, 0.3) is 5.69 Å². The van der Waals surface area contributed by atoms with Crippen molar-refractivity contribution < 1.29 is 9.63 Å². The van der Waals surface area contributed by atoms with Crippen LogP contribution in [0, 0.1) is 0 Å². The highest BCUT2D eigenvalue weighted by Crippen LogP contribution is 2.18.